The number of benzene rings is 1. The third-order valence-corrected chi connectivity index (χ3v) is 1.83. The van der Waals surface area contributed by atoms with Gasteiger partial charge in [-0.25, -0.2) is 5.11 Å². The molecule has 14 heavy (non-hydrogen) atoms. The summed E-state index contributed by atoms with van der Waals surface area (Å²) in [6, 6.07) is 5.45. The molecular formula is C11H13O3. The maximum atomic E-state index is 10.3. The van der Waals surface area contributed by atoms with Gasteiger partial charge in [-0.05, 0) is 18.2 Å². The smallest absolute Gasteiger partial charge is 0.126 e. The number of hydrogen-bond donors (Lipinski definition) is 0. The van der Waals surface area contributed by atoms with Crippen LogP contribution in [0.2, 0.25) is 0 Å². The van der Waals surface area contributed by atoms with Crippen molar-refractivity contribution in [3.05, 3.63) is 29.8 Å². The molecule has 0 saturated heterocycles. The molecule has 1 aromatic carbocycles. The summed E-state index contributed by atoms with van der Waals surface area (Å²) in [4.78, 5) is 0. The molecule has 0 fully saturated rings. The minimum absolute atomic E-state index is 0.236. The van der Waals surface area contributed by atoms with Crippen molar-refractivity contribution in [3.8, 4) is 11.5 Å². The van der Waals surface area contributed by atoms with Crippen LogP contribution >= 0.6 is 0 Å². The molecule has 0 aliphatic rings. The Morgan fingerprint density at radius 1 is 1.29 bits per heavy atom. The first kappa shape index (κ1) is 10.6. The lowest BCUT2D eigenvalue weighted by Gasteiger charge is -2.06. The number of rotatable bonds is 4. The molecule has 0 amide bonds. The van der Waals surface area contributed by atoms with Crippen LogP contribution in [0.25, 0.3) is 6.08 Å². The molecular weight excluding hydrogens is 180 g/mol. The first-order valence-corrected chi connectivity index (χ1v) is 4.28. The molecule has 0 saturated carbocycles. The Kier molecular flexibility index (Phi) is 4.01. The molecule has 0 aliphatic heterocycles. The topological polar surface area (TPSA) is 38.4 Å². The number of methoxy groups -OCH3 is 2. The van der Waals surface area contributed by atoms with Gasteiger partial charge in [0.25, 0.3) is 0 Å². The monoisotopic (exact) mass is 193 g/mol. The fourth-order valence-corrected chi connectivity index (χ4v) is 1.14. The molecule has 75 valence electrons. The molecule has 0 heterocycles. The molecule has 1 aromatic rings. The van der Waals surface area contributed by atoms with E-state index in [1.54, 1.807) is 20.3 Å². The van der Waals surface area contributed by atoms with E-state index in [1.165, 1.54) is 6.08 Å². The summed E-state index contributed by atoms with van der Waals surface area (Å²) in [5.74, 6) is 1.48. The Morgan fingerprint density at radius 3 is 2.64 bits per heavy atom. The second kappa shape index (κ2) is 5.29. The van der Waals surface area contributed by atoms with E-state index in [-0.39, 0.29) is 6.61 Å². The summed E-state index contributed by atoms with van der Waals surface area (Å²) in [7, 11) is 3.19. The lowest BCUT2D eigenvalue weighted by atomic mass is 10.2. The average Bonchev–Trinajstić information content (AvgIpc) is 2.25. The van der Waals surface area contributed by atoms with Crippen LogP contribution in [-0.4, -0.2) is 20.8 Å². The van der Waals surface area contributed by atoms with Gasteiger partial charge in [0.1, 0.15) is 18.1 Å². The van der Waals surface area contributed by atoms with Gasteiger partial charge in [0.2, 0.25) is 0 Å². The van der Waals surface area contributed by atoms with E-state index in [9.17, 15) is 5.11 Å². The van der Waals surface area contributed by atoms with E-state index in [0.717, 1.165) is 17.1 Å². The third-order valence-electron chi connectivity index (χ3n) is 1.83. The lowest BCUT2D eigenvalue weighted by Crippen LogP contribution is -1.89. The Bertz CT molecular complexity index is 318. The van der Waals surface area contributed by atoms with Gasteiger partial charge < -0.3 is 9.47 Å². The Morgan fingerprint density at radius 2 is 2.07 bits per heavy atom. The predicted molar refractivity (Wildman–Crippen MR) is 54.1 cm³/mol. The van der Waals surface area contributed by atoms with Gasteiger partial charge in [-0.2, -0.15) is 0 Å². The highest BCUT2D eigenvalue weighted by Crippen LogP contribution is 2.24. The number of hydrogen-bond acceptors (Lipinski definition) is 2. The van der Waals surface area contributed by atoms with E-state index in [0.29, 0.717) is 0 Å². The predicted octanol–water partition coefficient (Wildman–Crippen LogP) is 2.15. The molecule has 0 atom stereocenters. The summed E-state index contributed by atoms with van der Waals surface area (Å²) >= 11 is 0. The summed E-state index contributed by atoms with van der Waals surface area (Å²) in [6.07, 6.45) is 3.27. The van der Waals surface area contributed by atoms with E-state index >= 15 is 0 Å². The zero-order chi connectivity index (χ0) is 10.4. The van der Waals surface area contributed by atoms with Crippen molar-refractivity contribution in [2.24, 2.45) is 0 Å². The van der Waals surface area contributed by atoms with Crippen molar-refractivity contribution in [2.75, 3.05) is 20.8 Å². The minimum atomic E-state index is -0.236. The van der Waals surface area contributed by atoms with Gasteiger partial charge >= 0.3 is 0 Å². The van der Waals surface area contributed by atoms with Gasteiger partial charge in [-0.3, -0.25) is 0 Å². The number of ether oxygens (including phenoxy) is 2. The van der Waals surface area contributed by atoms with Crippen molar-refractivity contribution in [1.29, 1.82) is 0 Å². The van der Waals surface area contributed by atoms with Crippen molar-refractivity contribution in [1.82, 2.24) is 0 Å². The Labute approximate surface area is 83.6 Å². The van der Waals surface area contributed by atoms with Crippen LogP contribution in [0, 0.1) is 0 Å². The van der Waals surface area contributed by atoms with Crippen LogP contribution in [0.1, 0.15) is 5.56 Å². The van der Waals surface area contributed by atoms with E-state index < -0.39 is 0 Å². The van der Waals surface area contributed by atoms with Crippen LogP contribution in [-0.2, 0) is 5.11 Å². The second-order valence-corrected chi connectivity index (χ2v) is 2.68. The molecule has 0 spiro atoms. The second-order valence-electron chi connectivity index (χ2n) is 2.68. The van der Waals surface area contributed by atoms with Gasteiger partial charge in [0.15, 0.2) is 0 Å². The molecule has 3 nitrogen and oxygen atoms in total. The van der Waals surface area contributed by atoms with Gasteiger partial charge in [-0.1, -0.05) is 12.2 Å². The zero-order valence-corrected chi connectivity index (χ0v) is 8.32. The average molecular weight is 193 g/mol. The van der Waals surface area contributed by atoms with Crippen LogP contribution in [0.15, 0.2) is 24.3 Å². The normalized spacial score (nSPS) is 10.5. The molecule has 1 rings (SSSR count). The van der Waals surface area contributed by atoms with Crippen LogP contribution in [0.5, 0.6) is 11.5 Å². The van der Waals surface area contributed by atoms with E-state index in [1.807, 2.05) is 18.2 Å². The molecule has 0 N–H and O–H groups in total. The SMILES string of the molecule is COc1ccc(OC)c(/C=C/C[O])c1. The fourth-order valence-electron chi connectivity index (χ4n) is 1.14. The Balaban J connectivity index is 3.02. The maximum absolute atomic E-state index is 10.3. The van der Waals surface area contributed by atoms with Crippen molar-refractivity contribution < 1.29 is 14.6 Å². The molecule has 0 aromatic heterocycles. The quantitative estimate of drug-likeness (QED) is 0.734. The molecule has 3 heteroatoms. The van der Waals surface area contributed by atoms with E-state index in [4.69, 9.17) is 9.47 Å². The highest BCUT2D eigenvalue weighted by atomic mass is 16.5. The zero-order valence-electron chi connectivity index (χ0n) is 8.32. The third kappa shape index (κ3) is 2.50. The van der Waals surface area contributed by atoms with Crippen molar-refractivity contribution >= 4 is 6.08 Å². The van der Waals surface area contributed by atoms with Gasteiger partial charge in [-0.15, -0.1) is 0 Å². The molecule has 0 bridgehead atoms. The first-order chi connectivity index (χ1) is 6.81. The largest absolute Gasteiger partial charge is 0.497 e. The summed E-state index contributed by atoms with van der Waals surface area (Å²) < 4.78 is 10.2. The molecule has 0 aliphatic carbocycles. The van der Waals surface area contributed by atoms with Crippen molar-refractivity contribution in [2.45, 2.75) is 0 Å². The van der Waals surface area contributed by atoms with Crippen molar-refractivity contribution in [3.63, 3.8) is 0 Å². The molecule has 0 unspecified atom stereocenters. The minimum Gasteiger partial charge on any atom is -0.497 e. The van der Waals surface area contributed by atoms with Gasteiger partial charge in [0, 0.05) is 5.56 Å². The van der Waals surface area contributed by atoms with Crippen LogP contribution in [0.3, 0.4) is 0 Å². The van der Waals surface area contributed by atoms with Gasteiger partial charge in [0.05, 0.1) is 14.2 Å². The summed E-state index contributed by atoms with van der Waals surface area (Å²) in [5, 5.41) is 10.3. The summed E-state index contributed by atoms with van der Waals surface area (Å²) in [6.45, 7) is -0.236. The maximum Gasteiger partial charge on any atom is 0.126 e. The highest BCUT2D eigenvalue weighted by Gasteiger charge is 2.00. The lowest BCUT2D eigenvalue weighted by molar-refractivity contribution is 0.233. The van der Waals surface area contributed by atoms with E-state index in [2.05, 4.69) is 0 Å². The first-order valence-electron chi connectivity index (χ1n) is 4.28. The summed E-state index contributed by atoms with van der Waals surface area (Å²) in [5.41, 5.74) is 0.850. The van der Waals surface area contributed by atoms with Crippen LogP contribution < -0.4 is 9.47 Å². The highest BCUT2D eigenvalue weighted by molar-refractivity contribution is 5.59. The van der Waals surface area contributed by atoms with Crippen LogP contribution in [0.4, 0.5) is 0 Å². The standard InChI is InChI=1S/C11H13O3/c1-13-10-5-6-11(14-2)9(8-10)4-3-7-12/h3-6,8H,7H2,1-2H3/b4-3+. The Hall–Kier alpha value is -1.48. The molecule has 1 radical (unpaired) electrons. The fraction of sp³-hybridized carbons (Fsp3) is 0.273.